The molecule has 2 atom stereocenters. The third-order valence-corrected chi connectivity index (χ3v) is 9.04. The molecular formula is C15H28O4Si. The van der Waals surface area contributed by atoms with Crippen molar-refractivity contribution in [2.24, 2.45) is 5.92 Å². The van der Waals surface area contributed by atoms with Crippen LogP contribution in [0.1, 0.15) is 33.6 Å². The number of aliphatic hydroxyl groups is 1. The number of hydrogen-bond acceptors (Lipinski definition) is 4. The van der Waals surface area contributed by atoms with E-state index in [-0.39, 0.29) is 16.9 Å². The third kappa shape index (κ3) is 3.93. The summed E-state index contributed by atoms with van der Waals surface area (Å²) in [5.41, 5.74) is 0.560. The van der Waals surface area contributed by atoms with Gasteiger partial charge in [0.2, 0.25) is 0 Å². The molecule has 0 saturated heterocycles. The van der Waals surface area contributed by atoms with Crippen LogP contribution in [0.5, 0.6) is 0 Å². The molecule has 20 heavy (non-hydrogen) atoms. The molecule has 0 unspecified atom stereocenters. The Bertz CT molecular complexity index is 382. The molecule has 0 aromatic heterocycles. The highest BCUT2D eigenvalue weighted by Gasteiger charge is 2.39. The van der Waals surface area contributed by atoms with Gasteiger partial charge >= 0.3 is 5.97 Å². The summed E-state index contributed by atoms with van der Waals surface area (Å²) in [6.45, 7) is 11.3. The standard InChI is InChI=1S/C15H28O4Si/c1-15(2,3)20(5,6)19-10-12-11(14(17)18-4)8-7-9-13(12)16/h8,12-13,16H,7,9-10H2,1-6H3/t12-,13-/m0/s1. The Labute approximate surface area is 123 Å². The second-order valence-corrected chi connectivity index (χ2v) is 11.8. The number of methoxy groups -OCH3 is 1. The van der Waals surface area contributed by atoms with Gasteiger partial charge in [-0.1, -0.05) is 26.8 Å². The van der Waals surface area contributed by atoms with Crippen molar-refractivity contribution in [1.29, 1.82) is 0 Å². The first-order valence-electron chi connectivity index (χ1n) is 7.20. The van der Waals surface area contributed by atoms with Crippen molar-refractivity contribution < 1.29 is 19.1 Å². The van der Waals surface area contributed by atoms with Crippen molar-refractivity contribution in [3.8, 4) is 0 Å². The van der Waals surface area contributed by atoms with E-state index in [1.165, 1.54) is 7.11 Å². The molecule has 0 amide bonds. The van der Waals surface area contributed by atoms with Crippen LogP contribution in [0.25, 0.3) is 0 Å². The maximum absolute atomic E-state index is 11.8. The number of rotatable bonds is 4. The number of carbonyl (C=O) groups is 1. The molecule has 1 aliphatic carbocycles. The van der Waals surface area contributed by atoms with Crippen LogP contribution in [-0.2, 0) is 14.0 Å². The summed E-state index contributed by atoms with van der Waals surface area (Å²) in [7, 11) is -0.513. The van der Waals surface area contributed by atoms with E-state index in [0.717, 1.165) is 0 Å². The van der Waals surface area contributed by atoms with Gasteiger partial charge in [-0.25, -0.2) is 4.79 Å². The van der Waals surface area contributed by atoms with Crippen molar-refractivity contribution in [2.45, 2.75) is 57.8 Å². The number of esters is 1. The summed E-state index contributed by atoms with van der Waals surface area (Å²) >= 11 is 0. The lowest BCUT2D eigenvalue weighted by atomic mass is 9.86. The average molecular weight is 300 g/mol. The molecule has 0 aliphatic heterocycles. The highest BCUT2D eigenvalue weighted by molar-refractivity contribution is 6.74. The Morgan fingerprint density at radius 2 is 2.05 bits per heavy atom. The third-order valence-electron chi connectivity index (χ3n) is 4.54. The summed E-state index contributed by atoms with van der Waals surface area (Å²) in [5.74, 6) is -0.627. The molecule has 1 aliphatic rings. The van der Waals surface area contributed by atoms with Crippen molar-refractivity contribution in [3.05, 3.63) is 11.6 Å². The van der Waals surface area contributed by atoms with Gasteiger partial charge in [-0.2, -0.15) is 0 Å². The lowest BCUT2D eigenvalue weighted by Gasteiger charge is -2.38. The van der Waals surface area contributed by atoms with Crippen LogP contribution in [0, 0.1) is 5.92 Å². The first-order valence-corrected chi connectivity index (χ1v) is 10.1. The van der Waals surface area contributed by atoms with Crippen LogP contribution in [0.15, 0.2) is 11.6 Å². The van der Waals surface area contributed by atoms with E-state index in [2.05, 4.69) is 33.9 Å². The molecular weight excluding hydrogens is 272 g/mol. The predicted octanol–water partition coefficient (Wildman–Crippen LogP) is 2.88. The van der Waals surface area contributed by atoms with Crippen LogP contribution in [0.3, 0.4) is 0 Å². The Hall–Kier alpha value is -0.653. The second kappa shape index (κ2) is 6.41. The summed E-state index contributed by atoms with van der Waals surface area (Å²) in [4.78, 5) is 11.8. The van der Waals surface area contributed by atoms with E-state index in [1.807, 2.05) is 6.08 Å². The van der Waals surface area contributed by atoms with Crippen LogP contribution < -0.4 is 0 Å². The molecule has 1 N–H and O–H groups in total. The fourth-order valence-electron chi connectivity index (χ4n) is 2.04. The minimum absolute atomic E-state index is 0.113. The van der Waals surface area contributed by atoms with Gasteiger partial charge in [0.15, 0.2) is 8.32 Å². The van der Waals surface area contributed by atoms with Gasteiger partial charge in [0.1, 0.15) is 0 Å². The quantitative estimate of drug-likeness (QED) is 0.641. The predicted molar refractivity (Wildman–Crippen MR) is 82.0 cm³/mol. The summed E-state index contributed by atoms with van der Waals surface area (Å²) in [6, 6.07) is 0. The molecule has 0 heterocycles. The molecule has 0 bridgehead atoms. The zero-order valence-electron chi connectivity index (χ0n) is 13.5. The first-order chi connectivity index (χ1) is 9.10. The van der Waals surface area contributed by atoms with Crippen LogP contribution >= 0.6 is 0 Å². The summed E-state index contributed by atoms with van der Waals surface area (Å²) in [5, 5.41) is 10.3. The maximum Gasteiger partial charge on any atom is 0.333 e. The van der Waals surface area contributed by atoms with Gasteiger partial charge in [0.25, 0.3) is 0 Å². The average Bonchev–Trinajstić information content (AvgIpc) is 2.34. The van der Waals surface area contributed by atoms with E-state index < -0.39 is 14.4 Å². The van der Waals surface area contributed by atoms with Crippen LogP contribution in [-0.4, -0.2) is 39.2 Å². The molecule has 0 fully saturated rings. The van der Waals surface area contributed by atoms with E-state index in [9.17, 15) is 9.90 Å². The molecule has 116 valence electrons. The minimum Gasteiger partial charge on any atom is -0.466 e. The summed E-state index contributed by atoms with van der Waals surface area (Å²) in [6.07, 6.45) is 2.73. The molecule has 0 aromatic carbocycles. The molecule has 0 spiro atoms. The van der Waals surface area contributed by atoms with Gasteiger partial charge in [-0.05, 0) is 31.0 Å². The Balaban J connectivity index is 2.80. The van der Waals surface area contributed by atoms with E-state index >= 15 is 0 Å². The fourth-order valence-corrected chi connectivity index (χ4v) is 3.07. The van der Waals surface area contributed by atoms with Crippen LogP contribution in [0.4, 0.5) is 0 Å². The zero-order chi connectivity index (χ0) is 15.6. The smallest absolute Gasteiger partial charge is 0.333 e. The lowest BCUT2D eigenvalue weighted by molar-refractivity contribution is -0.137. The number of aliphatic hydroxyl groups excluding tert-OH is 1. The molecule has 0 saturated carbocycles. The van der Waals surface area contributed by atoms with Crippen molar-refractivity contribution in [3.63, 3.8) is 0 Å². The molecule has 5 heteroatoms. The van der Waals surface area contributed by atoms with Crippen molar-refractivity contribution in [1.82, 2.24) is 0 Å². The van der Waals surface area contributed by atoms with E-state index in [1.54, 1.807) is 0 Å². The largest absolute Gasteiger partial charge is 0.466 e. The molecule has 0 aromatic rings. The number of hydrogen-bond donors (Lipinski definition) is 1. The van der Waals surface area contributed by atoms with Crippen molar-refractivity contribution in [2.75, 3.05) is 13.7 Å². The number of allylic oxidation sites excluding steroid dienone is 1. The van der Waals surface area contributed by atoms with E-state index in [0.29, 0.717) is 25.0 Å². The van der Waals surface area contributed by atoms with Gasteiger partial charge < -0.3 is 14.3 Å². The number of carbonyl (C=O) groups excluding carboxylic acids is 1. The van der Waals surface area contributed by atoms with Crippen molar-refractivity contribution >= 4 is 14.3 Å². The first kappa shape index (κ1) is 17.4. The molecule has 4 nitrogen and oxygen atoms in total. The SMILES string of the molecule is COC(=O)C1=CCC[C@H](O)[C@H]1CO[Si](C)(C)C(C)(C)C. The highest BCUT2D eigenvalue weighted by atomic mass is 28.4. The van der Waals surface area contributed by atoms with Crippen LogP contribution in [0.2, 0.25) is 18.1 Å². The topological polar surface area (TPSA) is 55.8 Å². The van der Waals surface area contributed by atoms with E-state index in [4.69, 9.17) is 9.16 Å². The number of ether oxygens (including phenoxy) is 1. The minimum atomic E-state index is -1.88. The Morgan fingerprint density at radius 1 is 1.45 bits per heavy atom. The summed E-state index contributed by atoms with van der Waals surface area (Å²) < 4.78 is 11.0. The highest BCUT2D eigenvalue weighted by Crippen LogP contribution is 2.38. The van der Waals surface area contributed by atoms with Gasteiger partial charge in [-0.3, -0.25) is 0 Å². The van der Waals surface area contributed by atoms with Gasteiger partial charge in [-0.15, -0.1) is 0 Å². The molecule has 0 radical (unpaired) electrons. The lowest BCUT2D eigenvalue weighted by Crippen LogP contribution is -2.44. The zero-order valence-corrected chi connectivity index (χ0v) is 14.5. The Kier molecular flexibility index (Phi) is 5.58. The van der Waals surface area contributed by atoms with Gasteiger partial charge in [0, 0.05) is 18.1 Å². The Morgan fingerprint density at radius 3 is 2.55 bits per heavy atom. The monoisotopic (exact) mass is 300 g/mol. The van der Waals surface area contributed by atoms with Gasteiger partial charge in [0.05, 0.1) is 13.2 Å². The normalized spacial score (nSPS) is 24.2. The maximum atomic E-state index is 11.8. The molecule has 1 rings (SSSR count). The second-order valence-electron chi connectivity index (χ2n) is 6.97. The fraction of sp³-hybridized carbons (Fsp3) is 0.800.